The van der Waals surface area contributed by atoms with E-state index in [0.717, 1.165) is 26.4 Å². The molecule has 0 amide bonds. The molecule has 8 nitrogen and oxygen atoms in total. The minimum absolute atomic E-state index is 0.141. The van der Waals surface area contributed by atoms with Gasteiger partial charge in [-0.15, -0.1) is 0 Å². The highest BCUT2D eigenvalue weighted by Crippen LogP contribution is 2.19. The van der Waals surface area contributed by atoms with Gasteiger partial charge in [-0.05, 0) is 17.7 Å². The number of aromatic carboxylic acids is 2. The van der Waals surface area contributed by atoms with Gasteiger partial charge in [-0.1, -0.05) is 12.1 Å². The molecule has 0 aromatic heterocycles. The summed E-state index contributed by atoms with van der Waals surface area (Å²) in [5.41, 5.74) is -1.73. The van der Waals surface area contributed by atoms with E-state index in [4.69, 9.17) is 5.11 Å². The van der Waals surface area contributed by atoms with E-state index in [9.17, 15) is 24.3 Å². The number of carbonyl (C=O) groups excluding carboxylic acids is 2. The minimum Gasteiger partial charge on any atom is -0.478 e. The number of ether oxygens (including phenoxy) is 2. The summed E-state index contributed by atoms with van der Waals surface area (Å²) in [5.74, 6) is -5.04. The van der Waals surface area contributed by atoms with Gasteiger partial charge < -0.3 is 19.7 Å². The second-order valence-corrected chi connectivity index (χ2v) is 3.92. The second-order valence-electron chi connectivity index (χ2n) is 3.92. The van der Waals surface area contributed by atoms with Crippen molar-refractivity contribution in [3.05, 3.63) is 40.5 Å². The zero-order chi connectivity index (χ0) is 16.9. The van der Waals surface area contributed by atoms with E-state index in [0.29, 0.717) is 0 Å². The Labute approximate surface area is 124 Å². The van der Waals surface area contributed by atoms with Gasteiger partial charge in [0.15, 0.2) is 0 Å². The lowest BCUT2D eigenvalue weighted by Gasteiger charge is -2.08. The van der Waals surface area contributed by atoms with Crippen molar-refractivity contribution in [1.82, 2.24) is 0 Å². The molecule has 116 valence electrons. The molecule has 0 saturated heterocycles. The maximum Gasteiger partial charge on any atom is 0.345 e. The van der Waals surface area contributed by atoms with Crippen LogP contribution in [0.1, 0.15) is 26.3 Å². The smallest absolute Gasteiger partial charge is 0.345 e. The van der Waals surface area contributed by atoms with Crippen LogP contribution in [0.2, 0.25) is 0 Å². The van der Waals surface area contributed by atoms with Crippen LogP contribution in [0.25, 0.3) is 6.08 Å². The molecule has 0 saturated carbocycles. The van der Waals surface area contributed by atoms with Crippen LogP contribution in [0.5, 0.6) is 0 Å². The van der Waals surface area contributed by atoms with Crippen molar-refractivity contribution in [2.75, 3.05) is 14.2 Å². The molecular formula is C14H12O8. The fourth-order valence-electron chi connectivity index (χ4n) is 1.68. The summed E-state index contributed by atoms with van der Waals surface area (Å²) in [4.78, 5) is 45.5. The number of esters is 2. The maximum absolute atomic E-state index is 11.6. The topological polar surface area (TPSA) is 127 Å². The predicted molar refractivity (Wildman–Crippen MR) is 72.4 cm³/mol. The molecule has 0 fully saturated rings. The molecule has 0 aliphatic rings. The molecule has 0 atom stereocenters. The van der Waals surface area contributed by atoms with Crippen molar-refractivity contribution < 1.29 is 38.9 Å². The normalized spacial score (nSPS) is 9.55. The number of carbonyl (C=O) groups is 4. The fourth-order valence-corrected chi connectivity index (χ4v) is 1.68. The molecule has 22 heavy (non-hydrogen) atoms. The largest absolute Gasteiger partial charge is 0.478 e. The molecule has 1 aromatic rings. The highest BCUT2D eigenvalue weighted by molar-refractivity contribution is 6.18. The molecule has 1 rings (SSSR count). The molecule has 0 heterocycles. The van der Waals surface area contributed by atoms with Gasteiger partial charge in [0.2, 0.25) is 0 Å². The first-order chi connectivity index (χ1) is 10.3. The van der Waals surface area contributed by atoms with Gasteiger partial charge in [0.05, 0.1) is 25.3 Å². The molecule has 0 aliphatic carbocycles. The first kappa shape index (κ1) is 16.9. The lowest BCUT2D eigenvalue weighted by Crippen LogP contribution is -2.16. The van der Waals surface area contributed by atoms with E-state index in [1.807, 2.05) is 0 Å². The van der Waals surface area contributed by atoms with Crippen LogP contribution in [-0.2, 0) is 19.1 Å². The van der Waals surface area contributed by atoms with Crippen LogP contribution >= 0.6 is 0 Å². The first-order valence-electron chi connectivity index (χ1n) is 5.81. The molecule has 0 aliphatic heterocycles. The zero-order valence-electron chi connectivity index (χ0n) is 11.7. The van der Waals surface area contributed by atoms with Crippen LogP contribution in [0.15, 0.2) is 23.8 Å². The number of hydrogen-bond donors (Lipinski definition) is 2. The lowest BCUT2D eigenvalue weighted by atomic mass is 9.99. The zero-order valence-corrected chi connectivity index (χ0v) is 11.7. The monoisotopic (exact) mass is 308 g/mol. The van der Waals surface area contributed by atoms with Crippen LogP contribution in [0.4, 0.5) is 0 Å². The Kier molecular flexibility index (Phi) is 5.39. The number of rotatable bonds is 5. The van der Waals surface area contributed by atoms with E-state index < -0.39 is 40.6 Å². The highest BCUT2D eigenvalue weighted by atomic mass is 16.5. The first-order valence-corrected chi connectivity index (χ1v) is 5.81. The highest BCUT2D eigenvalue weighted by Gasteiger charge is 2.23. The quantitative estimate of drug-likeness (QED) is 0.354. The van der Waals surface area contributed by atoms with Crippen molar-refractivity contribution in [3.8, 4) is 0 Å². The van der Waals surface area contributed by atoms with Crippen molar-refractivity contribution in [1.29, 1.82) is 0 Å². The number of carboxylic acid groups (broad SMARTS) is 2. The van der Waals surface area contributed by atoms with Crippen LogP contribution < -0.4 is 0 Å². The molecular weight excluding hydrogens is 296 g/mol. The van der Waals surface area contributed by atoms with Gasteiger partial charge in [0.1, 0.15) is 5.57 Å². The van der Waals surface area contributed by atoms with E-state index in [1.54, 1.807) is 0 Å². The Bertz CT molecular complexity index is 653. The van der Waals surface area contributed by atoms with E-state index in [-0.39, 0.29) is 5.56 Å². The van der Waals surface area contributed by atoms with Gasteiger partial charge in [-0.3, -0.25) is 0 Å². The summed E-state index contributed by atoms with van der Waals surface area (Å²) in [7, 11) is 2.07. The van der Waals surface area contributed by atoms with Crippen molar-refractivity contribution in [2.24, 2.45) is 0 Å². The second kappa shape index (κ2) is 7.02. The van der Waals surface area contributed by atoms with Crippen molar-refractivity contribution >= 4 is 30.0 Å². The Morgan fingerprint density at radius 1 is 0.955 bits per heavy atom. The van der Waals surface area contributed by atoms with E-state index in [2.05, 4.69) is 9.47 Å². The molecule has 0 bridgehead atoms. The Balaban J connectivity index is 3.60. The Morgan fingerprint density at radius 2 is 1.50 bits per heavy atom. The summed E-state index contributed by atoms with van der Waals surface area (Å²) in [6, 6.07) is 3.63. The molecule has 0 spiro atoms. The maximum atomic E-state index is 11.6. The number of methoxy groups -OCH3 is 2. The summed E-state index contributed by atoms with van der Waals surface area (Å²) in [6.45, 7) is 0. The summed E-state index contributed by atoms with van der Waals surface area (Å²) in [5, 5.41) is 18.2. The number of benzene rings is 1. The van der Waals surface area contributed by atoms with Gasteiger partial charge in [-0.2, -0.15) is 0 Å². The van der Waals surface area contributed by atoms with Crippen molar-refractivity contribution in [2.45, 2.75) is 0 Å². The minimum atomic E-state index is -1.52. The molecule has 0 unspecified atom stereocenters. The summed E-state index contributed by atoms with van der Waals surface area (Å²) in [6.07, 6.45) is 0.910. The Hall–Kier alpha value is -3.16. The summed E-state index contributed by atoms with van der Waals surface area (Å²) < 4.78 is 8.83. The van der Waals surface area contributed by atoms with Crippen LogP contribution in [-0.4, -0.2) is 48.3 Å². The third kappa shape index (κ3) is 3.48. The average molecular weight is 308 g/mol. The van der Waals surface area contributed by atoms with Crippen LogP contribution in [0, 0.1) is 0 Å². The van der Waals surface area contributed by atoms with Gasteiger partial charge in [-0.25, -0.2) is 19.2 Å². The molecule has 0 radical (unpaired) electrons. The predicted octanol–water partition coefficient (Wildman–Crippen LogP) is 0.812. The van der Waals surface area contributed by atoms with Crippen molar-refractivity contribution in [3.63, 3.8) is 0 Å². The molecule has 1 aromatic carbocycles. The van der Waals surface area contributed by atoms with Crippen LogP contribution in [0.3, 0.4) is 0 Å². The van der Waals surface area contributed by atoms with Gasteiger partial charge >= 0.3 is 23.9 Å². The standard InChI is InChI=1S/C14H12O8/c1-21-13(19)9(14(20)22-2)6-7-4-3-5-8(11(15)16)10(7)12(17)18/h3-6H,1-2H3,(H,15,16)(H,17,18). The van der Waals surface area contributed by atoms with Gasteiger partial charge in [0, 0.05) is 0 Å². The Morgan fingerprint density at radius 3 is 1.91 bits per heavy atom. The third-order valence-electron chi connectivity index (χ3n) is 2.65. The van der Waals surface area contributed by atoms with Gasteiger partial charge in [0.25, 0.3) is 0 Å². The number of carboxylic acids is 2. The third-order valence-corrected chi connectivity index (χ3v) is 2.65. The summed E-state index contributed by atoms with van der Waals surface area (Å²) >= 11 is 0. The molecule has 8 heteroatoms. The van der Waals surface area contributed by atoms with E-state index >= 15 is 0 Å². The fraction of sp³-hybridized carbons (Fsp3) is 0.143. The number of hydrogen-bond acceptors (Lipinski definition) is 6. The SMILES string of the molecule is COC(=O)C(=Cc1cccc(C(=O)O)c1C(=O)O)C(=O)OC. The molecule has 2 N–H and O–H groups in total. The van der Waals surface area contributed by atoms with E-state index in [1.165, 1.54) is 12.1 Å². The lowest BCUT2D eigenvalue weighted by molar-refractivity contribution is -0.143. The average Bonchev–Trinajstić information content (AvgIpc) is 2.50.